The fourth-order valence-electron chi connectivity index (χ4n) is 2.44. The van der Waals surface area contributed by atoms with E-state index in [4.69, 9.17) is 0 Å². The van der Waals surface area contributed by atoms with E-state index in [9.17, 15) is 4.79 Å². The van der Waals surface area contributed by atoms with Crippen molar-refractivity contribution in [1.82, 2.24) is 10.3 Å². The zero-order chi connectivity index (χ0) is 15.9. The van der Waals surface area contributed by atoms with E-state index < -0.39 is 0 Å². The minimum Gasteiger partial charge on any atom is -0.369 e. The number of rotatable bonds is 6. The van der Waals surface area contributed by atoms with Crippen LogP contribution in [-0.2, 0) is 6.54 Å². The summed E-state index contributed by atoms with van der Waals surface area (Å²) in [6.45, 7) is 7.93. The first-order valence-electron chi connectivity index (χ1n) is 7.65. The molecule has 0 bridgehead atoms. The molecule has 0 fully saturated rings. The van der Waals surface area contributed by atoms with Gasteiger partial charge in [-0.25, -0.2) is 0 Å². The van der Waals surface area contributed by atoms with Crippen molar-refractivity contribution < 1.29 is 4.79 Å². The Balaban J connectivity index is 1.99. The van der Waals surface area contributed by atoms with Gasteiger partial charge in [0.2, 0.25) is 0 Å². The number of hydrogen-bond donors (Lipinski definition) is 1. The normalized spacial score (nSPS) is 10.5. The number of carbonyl (C=O) groups is 1. The predicted molar refractivity (Wildman–Crippen MR) is 90.0 cm³/mol. The van der Waals surface area contributed by atoms with Crippen LogP contribution in [0.25, 0.3) is 0 Å². The lowest BCUT2D eigenvalue weighted by Gasteiger charge is -2.27. The lowest BCUT2D eigenvalue weighted by molar-refractivity contribution is 0.0951. The summed E-state index contributed by atoms with van der Waals surface area (Å²) in [6.07, 6.45) is 3.45. The smallest absolute Gasteiger partial charge is 0.251 e. The standard InChI is InChI=1S/C18H23N3O/c1-4-21(14(2)3)17-7-5-16(6-8-17)18(22)20-13-15-9-11-19-12-10-15/h5-12,14H,4,13H2,1-3H3,(H,20,22). The van der Waals surface area contributed by atoms with Gasteiger partial charge in [0, 0.05) is 42.8 Å². The van der Waals surface area contributed by atoms with Gasteiger partial charge in [-0.3, -0.25) is 9.78 Å². The number of benzene rings is 1. The number of amides is 1. The summed E-state index contributed by atoms with van der Waals surface area (Å²) in [5.41, 5.74) is 2.86. The average Bonchev–Trinajstić information content (AvgIpc) is 2.54. The van der Waals surface area contributed by atoms with E-state index in [2.05, 4.69) is 36.0 Å². The Morgan fingerprint density at radius 2 is 1.77 bits per heavy atom. The molecule has 0 radical (unpaired) electrons. The van der Waals surface area contributed by atoms with E-state index in [1.165, 1.54) is 0 Å². The number of nitrogens with one attached hydrogen (secondary N) is 1. The summed E-state index contributed by atoms with van der Waals surface area (Å²) in [7, 11) is 0. The van der Waals surface area contributed by atoms with Crippen molar-refractivity contribution >= 4 is 11.6 Å². The Labute approximate surface area is 132 Å². The van der Waals surface area contributed by atoms with Gasteiger partial charge in [-0.05, 0) is 62.7 Å². The average molecular weight is 297 g/mol. The van der Waals surface area contributed by atoms with Gasteiger partial charge >= 0.3 is 0 Å². The van der Waals surface area contributed by atoms with Crippen LogP contribution in [0.3, 0.4) is 0 Å². The van der Waals surface area contributed by atoms with Crippen molar-refractivity contribution in [1.29, 1.82) is 0 Å². The van der Waals surface area contributed by atoms with E-state index in [0.29, 0.717) is 18.2 Å². The largest absolute Gasteiger partial charge is 0.369 e. The third-order valence-corrected chi connectivity index (χ3v) is 3.63. The zero-order valence-corrected chi connectivity index (χ0v) is 13.4. The first kappa shape index (κ1) is 16.0. The SMILES string of the molecule is CCN(c1ccc(C(=O)NCc2ccncc2)cc1)C(C)C. The monoisotopic (exact) mass is 297 g/mol. The van der Waals surface area contributed by atoms with Gasteiger partial charge in [0.05, 0.1) is 0 Å². The van der Waals surface area contributed by atoms with E-state index in [1.807, 2.05) is 36.4 Å². The van der Waals surface area contributed by atoms with Crippen LogP contribution in [0.5, 0.6) is 0 Å². The van der Waals surface area contributed by atoms with Crippen molar-refractivity contribution in [3.05, 3.63) is 59.9 Å². The molecule has 22 heavy (non-hydrogen) atoms. The number of nitrogens with zero attached hydrogens (tertiary/aromatic N) is 2. The van der Waals surface area contributed by atoms with Gasteiger partial charge in [-0.15, -0.1) is 0 Å². The first-order chi connectivity index (χ1) is 10.6. The third-order valence-electron chi connectivity index (χ3n) is 3.63. The molecule has 0 aliphatic rings. The Bertz CT molecular complexity index is 593. The number of carbonyl (C=O) groups excluding carboxylic acids is 1. The minimum absolute atomic E-state index is 0.0593. The van der Waals surface area contributed by atoms with Crippen molar-refractivity contribution in [2.24, 2.45) is 0 Å². The van der Waals surface area contributed by atoms with Gasteiger partial charge in [-0.1, -0.05) is 0 Å². The number of hydrogen-bond acceptors (Lipinski definition) is 3. The Kier molecular flexibility index (Phi) is 5.53. The molecule has 0 atom stereocenters. The van der Waals surface area contributed by atoms with Gasteiger partial charge in [0.1, 0.15) is 0 Å². The first-order valence-corrected chi connectivity index (χ1v) is 7.65. The minimum atomic E-state index is -0.0593. The maximum atomic E-state index is 12.2. The molecule has 0 unspecified atom stereocenters. The molecule has 1 aromatic carbocycles. The lowest BCUT2D eigenvalue weighted by Crippen LogP contribution is -2.30. The van der Waals surface area contributed by atoms with Gasteiger partial charge < -0.3 is 10.2 Å². The van der Waals surface area contributed by atoms with E-state index in [0.717, 1.165) is 17.8 Å². The highest BCUT2D eigenvalue weighted by molar-refractivity contribution is 5.94. The number of aromatic nitrogens is 1. The molecule has 4 heteroatoms. The molecular weight excluding hydrogens is 274 g/mol. The molecule has 2 aromatic rings. The second-order valence-electron chi connectivity index (χ2n) is 5.46. The molecule has 1 N–H and O–H groups in total. The van der Waals surface area contributed by atoms with Crippen LogP contribution in [0.1, 0.15) is 36.7 Å². The molecule has 0 aliphatic carbocycles. The number of pyridine rings is 1. The van der Waals surface area contributed by atoms with Crippen LogP contribution >= 0.6 is 0 Å². The highest BCUT2D eigenvalue weighted by Gasteiger charge is 2.10. The van der Waals surface area contributed by atoms with Crippen molar-refractivity contribution in [3.63, 3.8) is 0 Å². The second kappa shape index (κ2) is 7.59. The maximum absolute atomic E-state index is 12.2. The number of anilines is 1. The Morgan fingerprint density at radius 3 is 2.32 bits per heavy atom. The second-order valence-corrected chi connectivity index (χ2v) is 5.46. The summed E-state index contributed by atoms with van der Waals surface area (Å²) in [5.74, 6) is -0.0593. The van der Waals surface area contributed by atoms with Crippen LogP contribution in [0, 0.1) is 0 Å². The summed E-state index contributed by atoms with van der Waals surface area (Å²) < 4.78 is 0. The summed E-state index contributed by atoms with van der Waals surface area (Å²) in [4.78, 5) is 18.4. The van der Waals surface area contributed by atoms with Gasteiger partial charge in [0.15, 0.2) is 0 Å². The molecule has 0 aliphatic heterocycles. The molecule has 4 nitrogen and oxygen atoms in total. The van der Waals surface area contributed by atoms with E-state index >= 15 is 0 Å². The topological polar surface area (TPSA) is 45.2 Å². The third kappa shape index (κ3) is 4.07. The maximum Gasteiger partial charge on any atom is 0.251 e. The molecule has 0 saturated heterocycles. The van der Waals surface area contributed by atoms with Gasteiger partial charge in [0.25, 0.3) is 5.91 Å². The van der Waals surface area contributed by atoms with Crippen molar-refractivity contribution in [2.45, 2.75) is 33.4 Å². The fourth-order valence-corrected chi connectivity index (χ4v) is 2.44. The Hall–Kier alpha value is -2.36. The molecule has 0 saturated carbocycles. The lowest BCUT2D eigenvalue weighted by atomic mass is 10.1. The molecule has 116 valence electrons. The molecule has 2 rings (SSSR count). The highest BCUT2D eigenvalue weighted by atomic mass is 16.1. The van der Waals surface area contributed by atoms with Crippen LogP contribution in [0.2, 0.25) is 0 Å². The Morgan fingerprint density at radius 1 is 1.14 bits per heavy atom. The fraction of sp³-hybridized carbons (Fsp3) is 0.333. The molecule has 1 amide bonds. The molecule has 1 aromatic heterocycles. The summed E-state index contributed by atoms with van der Waals surface area (Å²) >= 11 is 0. The summed E-state index contributed by atoms with van der Waals surface area (Å²) in [5, 5.41) is 2.92. The van der Waals surface area contributed by atoms with Crippen molar-refractivity contribution in [2.75, 3.05) is 11.4 Å². The van der Waals surface area contributed by atoms with Crippen LogP contribution in [0.4, 0.5) is 5.69 Å². The van der Waals surface area contributed by atoms with Crippen LogP contribution in [-0.4, -0.2) is 23.5 Å². The molecule has 1 heterocycles. The van der Waals surface area contributed by atoms with Crippen molar-refractivity contribution in [3.8, 4) is 0 Å². The predicted octanol–water partition coefficient (Wildman–Crippen LogP) is 3.25. The zero-order valence-electron chi connectivity index (χ0n) is 13.4. The van der Waals surface area contributed by atoms with Crippen LogP contribution < -0.4 is 10.2 Å². The molecule has 0 spiro atoms. The quantitative estimate of drug-likeness (QED) is 0.890. The van der Waals surface area contributed by atoms with E-state index in [-0.39, 0.29) is 5.91 Å². The van der Waals surface area contributed by atoms with Gasteiger partial charge in [-0.2, -0.15) is 0 Å². The summed E-state index contributed by atoms with van der Waals surface area (Å²) in [6, 6.07) is 12.0. The highest BCUT2D eigenvalue weighted by Crippen LogP contribution is 2.17. The van der Waals surface area contributed by atoms with E-state index in [1.54, 1.807) is 12.4 Å². The van der Waals surface area contributed by atoms with Crippen LogP contribution in [0.15, 0.2) is 48.8 Å². The molecular formula is C18H23N3O.